The molecule has 0 unspecified atom stereocenters. The number of hydrogen-bond acceptors (Lipinski definition) is 3. The Bertz CT molecular complexity index is 589. The number of hydrogen-bond donors (Lipinski definition) is 0. The van der Waals surface area contributed by atoms with Crippen molar-refractivity contribution in [2.45, 2.75) is 6.18 Å². The number of alkyl halides is 3. The largest absolute Gasteiger partial charge is 0.464 e. The first-order chi connectivity index (χ1) is 8.87. The number of likely N-dealkylation sites (N-methyl/N-ethyl adjacent to an activating group) is 1. The van der Waals surface area contributed by atoms with E-state index in [4.69, 9.17) is 4.42 Å². The molecule has 0 aliphatic rings. The van der Waals surface area contributed by atoms with Crippen LogP contribution in [0.3, 0.4) is 0 Å². The van der Waals surface area contributed by atoms with Gasteiger partial charge in [-0.05, 0) is 13.1 Å². The van der Waals surface area contributed by atoms with Crippen molar-refractivity contribution in [3.63, 3.8) is 0 Å². The highest BCUT2D eigenvalue weighted by Crippen LogP contribution is 2.22. The summed E-state index contributed by atoms with van der Waals surface area (Å²) in [6.45, 7) is -1.42. The molecule has 1 aromatic carbocycles. The molecule has 0 spiro atoms. The van der Waals surface area contributed by atoms with Crippen molar-refractivity contribution in [3.8, 4) is 0 Å². The summed E-state index contributed by atoms with van der Waals surface area (Å²) in [5, 5.41) is 0.618. The third kappa shape index (κ3) is 3.35. The minimum Gasteiger partial charge on any atom is -0.464 e. The standard InChI is InChI=1S/C13H12F3NO2/c1-17(8-13(14,15)16)6-11(18)10-7-19-12-5-3-2-4-9(10)12/h2-5,7H,6,8H2,1H3. The molecule has 0 aliphatic heterocycles. The van der Waals surface area contributed by atoms with Crippen molar-refractivity contribution in [1.82, 2.24) is 4.90 Å². The summed E-state index contributed by atoms with van der Waals surface area (Å²) in [4.78, 5) is 12.9. The van der Waals surface area contributed by atoms with E-state index in [9.17, 15) is 18.0 Å². The predicted octanol–water partition coefficient (Wildman–Crippen LogP) is 3.11. The Morgan fingerprint density at radius 3 is 2.68 bits per heavy atom. The Balaban J connectivity index is 2.12. The molecule has 0 saturated carbocycles. The van der Waals surface area contributed by atoms with E-state index in [1.54, 1.807) is 24.3 Å². The molecule has 3 nitrogen and oxygen atoms in total. The number of nitrogens with zero attached hydrogens (tertiary/aromatic N) is 1. The van der Waals surface area contributed by atoms with Crippen molar-refractivity contribution >= 4 is 16.8 Å². The van der Waals surface area contributed by atoms with Gasteiger partial charge < -0.3 is 4.42 Å². The van der Waals surface area contributed by atoms with Gasteiger partial charge >= 0.3 is 6.18 Å². The fraction of sp³-hybridized carbons (Fsp3) is 0.308. The number of halogens is 3. The van der Waals surface area contributed by atoms with E-state index in [2.05, 4.69) is 0 Å². The van der Waals surface area contributed by atoms with Gasteiger partial charge in [-0.15, -0.1) is 0 Å². The predicted molar refractivity (Wildman–Crippen MR) is 64.1 cm³/mol. The van der Waals surface area contributed by atoms with Crippen LogP contribution in [0.15, 0.2) is 34.9 Å². The number of carbonyl (C=O) groups excluding carboxylic acids is 1. The van der Waals surface area contributed by atoms with Gasteiger partial charge in [0.15, 0.2) is 5.78 Å². The van der Waals surface area contributed by atoms with Gasteiger partial charge in [0.1, 0.15) is 11.8 Å². The van der Waals surface area contributed by atoms with Crippen LogP contribution in [0.25, 0.3) is 11.0 Å². The topological polar surface area (TPSA) is 33.5 Å². The van der Waals surface area contributed by atoms with Crippen molar-refractivity contribution in [1.29, 1.82) is 0 Å². The van der Waals surface area contributed by atoms with Gasteiger partial charge in [-0.1, -0.05) is 18.2 Å². The zero-order valence-electron chi connectivity index (χ0n) is 10.2. The van der Waals surface area contributed by atoms with Gasteiger partial charge in [-0.25, -0.2) is 0 Å². The highest BCUT2D eigenvalue weighted by Gasteiger charge is 2.30. The first-order valence-electron chi connectivity index (χ1n) is 5.61. The molecule has 1 aromatic heterocycles. The Labute approximate surface area is 107 Å². The van der Waals surface area contributed by atoms with E-state index >= 15 is 0 Å². The van der Waals surface area contributed by atoms with Crippen LogP contribution in [-0.4, -0.2) is 37.0 Å². The average molecular weight is 271 g/mol. The SMILES string of the molecule is CN(CC(=O)c1coc2ccccc12)CC(F)(F)F. The van der Waals surface area contributed by atoms with Crippen LogP contribution in [0.5, 0.6) is 0 Å². The molecule has 19 heavy (non-hydrogen) atoms. The van der Waals surface area contributed by atoms with Crippen LogP contribution >= 0.6 is 0 Å². The number of para-hydroxylation sites is 1. The number of fused-ring (bicyclic) bond motifs is 1. The van der Waals surface area contributed by atoms with E-state index in [1.807, 2.05) is 0 Å². The summed E-state index contributed by atoms with van der Waals surface area (Å²) in [6.07, 6.45) is -3.03. The fourth-order valence-corrected chi connectivity index (χ4v) is 1.89. The van der Waals surface area contributed by atoms with Crippen LogP contribution in [0.2, 0.25) is 0 Å². The number of furan rings is 1. The summed E-state index contributed by atoms with van der Waals surface area (Å²) in [5.41, 5.74) is 0.856. The number of ketones is 1. The summed E-state index contributed by atoms with van der Waals surface area (Å²) in [7, 11) is 1.26. The third-order valence-electron chi connectivity index (χ3n) is 2.64. The molecular weight excluding hydrogens is 259 g/mol. The summed E-state index contributed by atoms with van der Waals surface area (Å²) < 4.78 is 41.7. The molecule has 0 fully saturated rings. The van der Waals surface area contributed by atoms with Gasteiger partial charge in [0.2, 0.25) is 0 Å². The maximum Gasteiger partial charge on any atom is 0.401 e. The van der Waals surface area contributed by atoms with E-state index in [0.29, 0.717) is 16.5 Å². The van der Waals surface area contributed by atoms with Crippen LogP contribution < -0.4 is 0 Å². The van der Waals surface area contributed by atoms with E-state index in [1.165, 1.54) is 13.3 Å². The molecule has 6 heteroatoms. The summed E-state index contributed by atoms with van der Waals surface area (Å²) in [5.74, 6) is -0.392. The summed E-state index contributed by atoms with van der Waals surface area (Å²) in [6, 6.07) is 6.91. The van der Waals surface area contributed by atoms with Crippen molar-refractivity contribution in [3.05, 3.63) is 36.1 Å². The highest BCUT2D eigenvalue weighted by molar-refractivity contribution is 6.08. The lowest BCUT2D eigenvalue weighted by Gasteiger charge is -2.17. The first kappa shape index (κ1) is 13.6. The molecular formula is C13H12F3NO2. The lowest BCUT2D eigenvalue weighted by Crippen LogP contribution is -2.34. The van der Waals surface area contributed by atoms with Crippen LogP contribution in [0, 0.1) is 0 Å². The molecule has 0 radical (unpaired) electrons. The molecule has 0 atom stereocenters. The van der Waals surface area contributed by atoms with E-state index in [-0.39, 0.29) is 6.54 Å². The second kappa shape index (κ2) is 5.05. The highest BCUT2D eigenvalue weighted by atomic mass is 19.4. The maximum absolute atomic E-state index is 12.2. The van der Waals surface area contributed by atoms with E-state index in [0.717, 1.165) is 4.90 Å². The molecule has 0 aliphatic carbocycles. The molecule has 0 N–H and O–H groups in total. The number of benzene rings is 1. The summed E-state index contributed by atoms with van der Waals surface area (Å²) >= 11 is 0. The second-order valence-electron chi connectivity index (χ2n) is 4.36. The van der Waals surface area contributed by atoms with Crippen molar-refractivity contribution in [2.24, 2.45) is 0 Å². The quantitative estimate of drug-likeness (QED) is 0.801. The zero-order valence-corrected chi connectivity index (χ0v) is 10.2. The van der Waals surface area contributed by atoms with Crippen LogP contribution in [0.4, 0.5) is 13.2 Å². The monoisotopic (exact) mass is 271 g/mol. The molecule has 0 amide bonds. The maximum atomic E-state index is 12.2. The molecule has 1 heterocycles. The number of Topliss-reactive ketones (excluding diaryl/α,β-unsaturated/α-hetero) is 1. The van der Waals surface area contributed by atoms with Crippen molar-refractivity contribution < 1.29 is 22.4 Å². The molecule has 0 saturated heterocycles. The van der Waals surface area contributed by atoms with Crippen LogP contribution in [-0.2, 0) is 0 Å². The third-order valence-corrected chi connectivity index (χ3v) is 2.64. The Kier molecular flexibility index (Phi) is 3.61. The van der Waals surface area contributed by atoms with Crippen molar-refractivity contribution in [2.75, 3.05) is 20.1 Å². The van der Waals surface area contributed by atoms with Gasteiger partial charge in [0.25, 0.3) is 0 Å². The Hall–Kier alpha value is -1.82. The second-order valence-corrected chi connectivity index (χ2v) is 4.36. The lowest BCUT2D eigenvalue weighted by molar-refractivity contribution is -0.141. The zero-order chi connectivity index (χ0) is 14.0. The molecule has 0 bridgehead atoms. The lowest BCUT2D eigenvalue weighted by atomic mass is 10.1. The average Bonchev–Trinajstić information content (AvgIpc) is 2.69. The van der Waals surface area contributed by atoms with Gasteiger partial charge in [-0.3, -0.25) is 9.69 Å². The van der Waals surface area contributed by atoms with Gasteiger partial charge in [-0.2, -0.15) is 13.2 Å². The minimum atomic E-state index is -4.31. The van der Waals surface area contributed by atoms with E-state index < -0.39 is 18.5 Å². The van der Waals surface area contributed by atoms with Crippen LogP contribution in [0.1, 0.15) is 10.4 Å². The molecule has 2 aromatic rings. The minimum absolute atomic E-state index is 0.303. The fourth-order valence-electron chi connectivity index (χ4n) is 1.89. The first-order valence-corrected chi connectivity index (χ1v) is 5.61. The molecule has 2 rings (SSSR count). The molecule has 102 valence electrons. The normalized spacial score (nSPS) is 12.3. The number of carbonyl (C=O) groups is 1. The van der Waals surface area contributed by atoms with Gasteiger partial charge in [0.05, 0.1) is 18.7 Å². The Morgan fingerprint density at radius 2 is 2.00 bits per heavy atom. The Morgan fingerprint density at radius 1 is 1.32 bits per heavy atom. The number of rotatable bonds is 4. The van der Waals surface area contributed by atoms with Gasteiger partial charge in [0, 0.05) is 5.39 Å². The smallest absolute Gasteiger partial charge is 0.401 e.